The Morgan fingerprint density at radius 3 is 2.33 bits per heavy atom. The Labute approximate surface area is 144 Å². The summed E-state index contributed by atoms with van der Waals surface area (Å²) in [6, 6.07) is 12.1. The largest absolute Gasteiger partial charge is 0.467 e. The second-order valence-electron chi connectivity index (χ2n) is 6.18. The maximum Gasteiger partial charge on any atom is 0.188 e. The molecule has 0 unspecified atom stereocenters. The lowest BCUT2D eigenvalue weighted by Crippen LogP contribution is -2.04. The molecule has 0 fully saturated rings. The van der Waals surface area contributed by atoms with E-state index >= 15 is 0 Å². The minimum Gasteiger partial charge on any atom is -0.467 e. The van der Waals surface area contributed by atoms with Crippen molar-refractivity contribution in [2.45, 2.75) is 33.6 Å². The monoisotopic (exact) mass is 324 g/mol. The Kier molecular flexibility index (Phi) is 5.83. The van der Waals surface area contributed by atoms with Gasteiger partial charge in [-0.15, -0.1) is 0 Å². The molecule has 24 heavy (non-hydrogen) atoms. The molecule has 0 saturated carbocycles. The molecule has 0 spiro atoms. The molecule has 0 saturated heterocycles. The Morgan fingerprint density at radius 1 is 1.12 bits per heavy atom. The van der Waals surface area contributed by atoms with Gasteiger partial charge in [0.2, 0.25) is 0 Å². The predicted octanol–water partition coefficient (Wildman–Crippen LogP) is 5.02. The molecule has 4 nitrogen and oxygen atoms in total. The van der Waals surface area contributed by atoms with Gasteiger partial charge in [0.1, 0.15) is 5.75 Å². The molecule has 2 aromatic carbocycles. The van der Waals surface area contributed by atoms with Crippen LogP contribution in [0.3, 0.4) is 0 Å². The number of nitrogens with zero attached hydrogens (tertiary/aromatic N) is 1. The van der Waals surface area contributed by atoms with E-state index < -0.39 is 0 Å². The highest BCUT2D eigenvalue weighted by molar-refractivity contribution is 5.69. The molecule has 0 heterocycles. The van der Waals surface area contributed by atoms with Crippen LogP contribution in [-0.2, 0) is 4.74 Å². The van der Waals surface area contributed by atoms with Gasteiger partial charge >= 0.3 is 0 Å². The zero-order chi connectivity index (χ0) is 17.7. The number of benzene rings is 2. The molecular weight excluding hydrogens is 300 g/mol. The third-order valence-corrected chi connectivity index (χ3v) is 3.90. The van der Waals surface area contributed by atoms with Crippen LogP contribution >= 0.6 is 0 Å². The van der Waals surface area contributed by atoms with Crippen molar-refractivity contribution < 1.29 is 9.47 Å². The minimum atomic E-state index is 0.236. The summed E-state index contributed by atoms with van der Waals surface area (Å²) in [6.45, 7) is 8.53. The fourth-order valence-corrected chi connectivity index (χ4v) is 2.70. The SMILES string of the molecule is COCOc1ccc(Nc2c(C)cc(C#N)cc2C)cc1C(C)C. The number of methoxy groups -OCH3 is 1. The maximum atomic E-state index is 9.07. The number of hydrogen-bond donors (Lipinski definition) is 1. The first kappa shape index (κ1) is 17.8. The van der Waals surface area contributed by atoms with Gasteiger partial charge in [-0.05, 0) is 66.8 Å². The van der Waals surface area contributed by atoms with Crippen molar-refractivity contribution in [3.63, 3.8) is 0 Å². The van der Waals surface area contributed by atoms with E-state index in [9.17, 15) is 0 Å². The highest BCUT2D eigenvalue weighted by Crippen LogP contribution is 2.32. The first-order valence-corrected chi connectivity index (χ1v) is 8.00. The minimum absolute atomic E-state index is 0.236. The lowest BCUT2D eigenvalue weighted by molar-refractivity contribution is 0.0503. The fraction of sp³-hybridized carbons (Fsp3) is 0.350. The Hall–Kier alpha value is -2.51. The summed E-state index contributed by atoms with van der Waals surface area (Å²) in [5.41, 5.74) is 5.95. The van der Waals surface area contributed by atoms with Crippen LogP contribution in [0.2, 0.25) is 0 Å². The number of ether oxygens (including phenoxy) is 2. The Balaban J connectivity index is 2.34. The van der Waals surface area contributed by atoms with Gasteiger partial charge in [0.25, 0.3) is 0 Å². The predicted molar refractivity (Wildman–Crippen MR) is 96.9 cm³/mol. The van der Waals surface area contributed by atoms with Crippen molar-refractivity contribution in [1.82, 2.24) is 0 Å². The van der Waals surface area contributed by atoms with Gasteiger partial charge in [0.15, 0.2) is 6.79 Å². The molecule has 0 radical (unpaired) electrons. The normalized spacial score (nSPS) is 10.5. The lowest BCUT2D eigenvalue weighted by atomic mass is 10.0. The second kappa shape index (κ2) is 7.85. The van der Waals surface area contributed by atoms with Crippen molar-refractivity contribution in [3.05, 3.63) is 52.6 Å². The molecule has 1 N–H and O–H groups in total. The van der Waals surface area contributed by atoms with Gasteiger partial charge in [-0.3, -0.25) is 0 Å². The quantitative estimate of drug-likeness (QED) is 0.758. The first-order valence-electron chi connectivity index (χ1n) is 8.00. The van der Waals surface area contributed by atoms with Gasteiger partial charge in [0, 0.05) is 18.5 Å². The summed E-state index contributed by atoms with van der Waals surface area (Å²) in [5.74, 6) is 1.17. The Bertz CT molecular complexity index is 738. The molecule has 0 aliphatic heterocycles. The molecule has 2 rings (SSSR count). The van der Waals surface area contributed by atoms with Gasteiger partial charge in [0.05, 0.1) is 11.6 Å². The van der Waals surface area contributed by atoms with Crippen LogP contribution in [-0.4, -0.2) is 13.9 Å². The molecule has 0 atom stereocenters. The molecular formula is C20H24N2O2. The number of anilines is 2. The molecule has 0 bridgehead atoms. The molecule has 0 aliphatic carbocycles. The summed E-state index contributed by atoms with van der Waals surface area (Å²) >= 11 is 0. The molecule has 0 aromatic heterocycles. The summed E-state index contributed by atoms with van der Waals surface area (Å²) < 4.78 is 10.6. The van der Waals surface area contributed by atoms with E-state index in [1.54, 1.807) is 7.11 Å². The van der Waals surface area contributed by atoms with Crippen molar-refractivity contribution in [3.8, 4) is 11.8 Å². The molecule has 126 valence electrons. The molecule has 0 aliphatic rings. The zero-order valence-electron chi connectivity index (χ0n) is 14.9. The molecule has 0 amide bonds. The van der Waals surface area contributed by atoms with Crippen molar-refractivity contribution in [2.24, 2.45) is 0 Å². The van der Waals surface area contributed by atoms with E-state index in [0.29, 0.717) is 11.5 Å². The van der Waals surface area contributed by atoms with Crippen LogP contribution < -0.4 is 10.1 Å². The van der Waals surface area contributed by atoms with E-state index in [2.05, 4.69) is 31.3 Å². The molecule has 4 heteroatoms. The van der Waals surface area contributed by atoms with Crippen molar-refractivity contribution in [1.29, 1.82) is 5.26 Å². The second-order valence-corrected chi connectivity index (χ2v) is 6.18. The van der Waals surface area contributed by atoms with Gasteiger partial charge in [-0.2, -0.15) is 5.26 Å². The zero-order valence-corrected chi connectivity index (χ0v) is 14.9. The third kappa shape index (κ3) is 4.06. The van der Waals surface area contributed by atoms with Crippen molar-refractivity contribution >= 4 is 11.4 Å². The number of nitriles is 1. The fourth-order valence-electron chi connectivity index (χ4n) is 2.70. The van der Waals surface area contributed by atoms with E-state index in [1.807, 2.05) is 38.1 Å². The smallest absolute Gasteiger partial charge is 0.188 e. The van der Waals surface area contributed by atoms with E-state index in [0.717, 1.165) is 33.8 Å². The van der Waals surface area contributed by atoms with Crippen LogP contribution in [0.25, 0.3) is 0 Å². The Morgan fingerprint density at radius 2 is 1.79 bits per heavy atom. The number of hydrogen-bond acceptors (Lipinski definition) is 4. The summed E-state index contributed by atoms with van der Waals surface area (Å²) in [6.07, 6.45) is 0. The van der Waals surface area contributed by atoms with E-state index in [-0.39, 0.29) is 6.79 Å². The number of rotatable bonds is 6. The standard InChI is InChI=1S/C20H24N2O2/c1-13(2)18-10-17(6-7-19(18)24-12-23-5)22-20-14(3)8-16(11-21)9-15(20)4/h6-10,13,22H,12H2,1-5H3. The van der Waals surface area contributed by atoms with Gasteiger partial charge in [-0.1, -0.05) is 13.8 Å². The highest BCUT2D eigenvalue weighted by Gasteiger charge is 2.11. The van der Waals surface area contributed by atoms with Crippen molar-refractivity contribution in [2.75, 3.05) is 19.2 Å². The van der Waals surface area contributed by atoms with Crippen LogP contribution in [0.5, 0.6) is 5.75 Å². The van der Waals surface area contributed by atoms with Gasteiger partial charge < -0.3 is 14.8 Å². The maximum absolute atomic E-state index is 9.07. The molecule has 2 aromatic rings. The number of nitrogens with one attached hydrogen (secondary N) is 1. The topological polar surface area (TPSA) is 54.3 Å². The van der Waals surface area contributed by atoms with Crippen LogP contribution in [0, 0.1) is 25.2 Å². The third-order valence-electron chi connectivity index (χ3n) is 3.90. The summed E-state index contributed by atoms with van der Waals surface area (Å²) in [5, 5.41) is 12.5. The summed E-state index contributed by atoms with van der Waals surface area (Å²) in [4.78, 5) is 0. The van der Waals surface area contributed by atoms with Crippen LogP contribution in [0.1, 0.15) is 42.0 Å². The average molecular weight is 324 g/mol. The van der Waals surface area contributed by atoms with E-state index in [4.69, 9.17) is 14.7 Å². The average Bonchev–Trinajstić information content (AvgIpc) is 2.56. The van der Waals surface area contributed by atoms with Crippen LogP contribution in [0.4, 0.5) is 11.4 Å². The number of aryl methyl sites for hydroxylation is 2. The first-order chi connectivity index (χ1) is 11.5. The highest BCUT2D eigenvalue weighted by atomic mass is 16.7. The lowest BCUT2D eigenvalue weighted by Gasteiger charge is -2.18. The van der Waals surface area contributed by atoms with E-state index in [1.165, 1.54) is 0 Å². The van der Waals surface area contributed by atoms with Crippen LogP contribution in [0.15, 0.2) is 30.3 Å². The van der Waals surface area contributed by atoms with Gasteiger partial charge in [-0.25, -0.2) is 0 Å². The summed E-state index contributed by atoms with van der Waals surface area (Å²) in [7, 11) is 1.61.